The van der Waals surface area contributed by atoms with Crippen LogP contribution in [0, 0.1) is 5.41 Å². The van der Waals surface area contributed by atoms with Crippen LogP contribution >= 0.6 is 15.9 Å². The highest BCUT2D eigenvalue weighted by molar-refractivity contribution is 9.10. The minimum absolute atomic E-state index is 0.220. The summed E-state index contributed by atoms with van der Waals surface area (Å²) in [6, 6.07) is 10.4. The van der Waals surface area contributed by atoms with E-state index >= 15 is 0 Å². The predicted molar refractivity (Wildman–Crippen MR) is 113 cm³/mol. The van der Waals surface area contributed by atoms with Crippen molar-refractivity contribution in [2.45, 2.75) is 45.6 Å². The summed E-state index contributed by atoms with van der Waals surface area (Å²) in [6.07, 6.45) is 2.91. The molecule has 28 heavy (non-hydrogen) atoms. The maximum absolute atomic E-state index is 12.9. The minimum atomic E-state index is -0.515. The molecule has 0 saturated heterocycles. The van der Waals surface area contributed by atoms with E-state index in [2.05, 4.69) is 45.2 Å². The lowest BCUT2D eigenvalue weighted by Crippen LogP contribution is -2.33. The molecule has 1 N–H and O–H groups in total. The Hall–Kier alpha value is -2.21. The molecule has 2 heterocycles. The van der Waals surface area contributed by atoms with Gasteiger partial charge in [0.15, 0.2) is 12.4 Å². The molecule has 144 valence electrons. The van der Waals surface area contributed by atoms with Crippen molar-refractivity contribution in [2.75, 3.05) is 6.54 Å². The van der Waals surface area contributed by atoms with Crippen molar-refractivity contribution < 1.29 is 14.1 Å². The quantitative estimate of drug-likeness (QED) is 0.515. The molecule has 1 fully saturated rings. The Bertz CT molecular complexity index is 1170. The van der Waals surface area contributed by atoms with E-state index in [1.54, 1.807) is 4.58 Å². The van der Waals surface area contributed by atoms with Gasteiger partial charge in [-0.1, -0.05) is 28.1 Å². The summed E-state index contributed by atoms with van der Waals surface area (Å²) in [4.78, 5) is 21.2. The normalized spacial score (nSPS) is 18.4. The lowest BCUT2D eigenvalue weighted by molar-refractivity contribution is -0.449. The number of nitrogens with one attached hydrogen (secondary N) is 1. The number of carbonyl (C=O) groups excluding carboxylic acids is 1. The van der Waals surface area contributed by atoms with Gasteiger partial charge >= 0.3 is 6.09 Å². The highest BCUT2D eigenvalue weighted by atomic mass is 79.9. The molecule has 1 aromatic heterocycles. The number of hydrogen-bond acceptors (Lipinski definition) is 3. The number of hydrogen-bond donors (Lipinski definition) is 1. The summed E-state index contributed by atoms with van der Waals surface area (Å²) in [5, 5.41) is 2.24. The van der Waals surface area contributed by atoms with Gasteiger partial charge in [0.25, 0.3) is 0 Å². The van der Waals surface area contributed by atoms with E-state index < -0.39 is 5.60 Å². The number of rotatable bonds is 1. The average molecular weight is 441 g/mol. The van der Waals surface area contributed by atoms with Crippen molar-refractivity contribution in [3.63, 3.8) is 0 Å². The molecule has 1 spiro atoms. The van der Waals surface area contributed by atoms with E-state index in [0.717, 1.165) is 63.6 Å². The average Bonchev–Trinajstić information content (AvgIpc) is 3.06. The molecular formula is C22H23BrN3O2+. The molecule has 2 aromatic carbocycles. The van der Waals surface area contributed by atoms with Gasteiger partial charge < -0.3 is 9.72 Å². The number of amides is 1. The van der Waals surface area contributed by atoms with Gasteiger partial charge in [-0.05, 0) is 57.2 Å². The monoisotopic (exact) mass is 440 g/mol. The molecule has 1 aliphatic carbocycles. The van der Waals surface area contributed by atoms with Crippen LogP contribution in [0.3, 0.4) is 0 Å². The number of ether oxygens (including phenoxy) is 1. The fraction of sp³-hybridized carbons (Fsp3) is 0.409. The first kappa shape index (κ1) is 17.9. The van der Waals surface area contributed by atoms with Crippen molar-refractivity contribution >= 4 is 49.5 Å². The predicted octanol–water partition coefficient (Wildman–Crippen LogP) is 5.40. The number of aromatic amines is 1. The third-order valence-electron chi connectivity index (χ3n) is 5.64. The first-order valence-corrected chi connectivity index (χ1v) is 10.5. The standard InChI is InChI=1S/C22H22BrN3O2/c1-21(2,3)28-20(27)26-12-22(8-9-22)11-17(26)19-24-16-7-4-13-10-14(23)5-6-15(13)18(16)25-19/h4-7,10H,8-9,11-12H2,1-3H3/p+1. The molecule has 0 unspecified atom stereocenters. The van der Waals surface area contributed by atoms with Gasteiger partial charge in [-0.25, -0.2) is 4.98 Å². The van der Waals surface area contributed by atoms with Crippen molar-refractivity contribution in [3.8, 4) is 0 Å². The largest absolute Gasteiger partial charge is 0.597 e. The van der Waals surface area contributed by atoms with E-state index in [1.807, 2.05) is 26.8 Å². The Balaban J connectivity index is 1.63. The summed E-state index contributed by atoms with van der Waals surface area (Å²) in [5.74, 6) is 0.778. The number of halogens is 1. The summed E-state index contributed by atoms with van der Waals surface area (Å²) >= 11 is 3.53. The number of fused-ring (bicyclic) bond motifs is 3. The van der Waals surface area contributed by atoms with Gasteiger partial charge in [-0.15, -0.1) is 4.58 Å². The Kier molecular flexibility index (Phi) is 3.76. The first-order valence-electron chi connectivity index (χ1n) is 9.68. The van der Waals surface area contributed by atoms with Crippen molar-refractivity contribution in [1.29, 1.82) is 0 Å². The molecule has 5 nitrogen and oxygen atoms in total. The minimum Gasteiger partial charge on any atom is -0.406 e. The fourth-order valence-electron chi connectivity index (χ4n) is 4.06. The van der Waals surface area contributed by atoms with Crippen LogP contribution in [0.15, 0.2) is 34.8 Å². The van der Waals surface area contributed by atoms with Crippen LogP contribution in [-0.2, 0) is 4.74 Å². The number of H-pyrrole nitrogens is 1. The molecule has 1 saturated carbocycles. The zero-order valence-corrected chi connectivity index (χ0v) is 17.9. The van der Waals surface area contributed by atoms with Gasteiger partial charge in [-0.2, -0.15) is 4.79 Å². The lowest BCUT2D eigenvalue weighted by atomic mass is 10.0. The molecule has 1 amide bonds. The summed E-state index contributed by atoms with van der Waals surface area (Å²) < 4.78 is 8.52. The van der Waals surface area contributed by atoms with Crippen LogP contribution in [-0.4, -0.2) is 38.5 Å². The SMILES string of the molecule is CC(C)(C)OC(=O)[N+]1=C(c2nc3c(ccc4cc(Br)ccc43)[nH]2)CC2(CC2)C1. The molecule has 0 radical (unpaired) electrons. The number of benzene rings is 2. The molecule has 2 aliphatic rings. The maximum Gasteiger partial charge on any atom is 0.597 e. The van der Waals surface area contributed by atoms with E-state index in [9.17, 15) is 4.79 Å². The topological polar surface area (TPSA) is 58.0 Å². The van der Waals surface area contributed by atoms with E-state index in [-0.39, 0.29) is 11.5 Å². The second kappa shape index (κ2) is 5.89. The van der Waals surface area contributed by atoms with Crippen LogP contribution in [0.5, 0.6) is 0 Å². The maximum atomic E-state index is 12.9. The van der Waals surface area contributed by atoms with Gasteiger partial charge in [0, 0.05) is 21.7 Å². The number of aromatic nitrogens is 2. The summed E-state index contributed by atoms with van der Waals surface area (Å²) in [5.41, 5.74) is 2.58. The molecule has 6 heteroatoms. The Morgan fingerprint density at radius 3 is 2.75 bits per heavy atom. The molecule has 0 bridgehead atoms. The highest BCUT2D eigenvalue weighted by Crippen LogP contribution is 2.52. The summed E-state index contributed by atoms with van der Waals surface area (Å²) in [6.45, 7) is 6.43. The van der Waals surface area contributed by atoms with E-state index in [0.29, 0.717) is 0 Å². The van der Waals surface area contributed by atoms with Crippen LogP contribution < -0.4 is 0 Å². The molecule has 3 aromatic rings. The van der Waals surface area contributed by atoms with Crippen LogP contribution in [0.2, 0.25) is 0 Å². The van der Waals surface area contributed by atoms with E-state index in [4.69, 9.17) is 9.72 Å². The number of carbonyl (C=O) groups is 1. The molecular weight excluding hydrogens is 418 g/mol. The molecule has 0 atom stereocenters. The second-order valence-electron chi connectivity index (χ2n) is 9.10. The van der Waals surface area contributed by atoms with Crippen molar-refractivity contribution in [3.05, 3.63) is 40.6 Å². The van der Waals surface area contributed by atoms with E-state index in [1.165, 1.54) is 0 Å². The number of imidazole rings is 1. The third-order valence-corrected chi connectivity index (χ3v) is 6.13. The third kappa shape index (κ3) is 3.04. The van der Waals surface area contributed by atoms with Gasteiger partial charge in [0.05, 0.1) is 11.0 Å². The van der Waals surface area contributed by atoms with Gasteiger partial charge in [0.1, 0.15) is 5.60 Å². The highest BCUT2D eigenvalue weighted by Gasteiger charge is 2.57. The zero-order valence-electron chi connectivity index (χ0n) is 16.3. The Morgan fingerprint density at radius 1 is 1.25 bits per heavy atom. The second-order valence-corrected chi connectivity index (χ2v) is 10.0. The van der Waals surface area contributed by atoms with Gasteiger partial charge in [0.2, 0.25) is 5.71 Å². The fourth-order valence-corrected chi connectivity index (χ4v) is 4.44. The van der Waals surface area contributed by atoms with Crippen LogP contribution in [0.25, 0.3) is 21.8 Å². The molecule has 1 aliphatic heterocycles. The van der Waals surface area contributed by atoms with Gasteiger partial charge in [-0.3, -0.25) is 0 Å². The lowest BCUT2D eigenvalue weighted by Gasteiger charge is -2.16. The van der Waals surface area contributed by atoms with Crippen molar-refractivity contribution in [1.82, 2.24) is 9.97 Å². The number of nitrogens with zero attached hydrogens (tertiary/aromatic N) is 2. The summed E-state index contributed by atoms with van der Waals surface area (Å²) in [7, 11) is 0. The Morgan fingerprint density at radius 2 is 2.04 bits per heavy atom. The van der Waals surface area contributed by atoms with Crippen LogP contribution in [0.4, 0.5) is 4.79 Å². The zero-order chi connectivity index (χ0) is 19.7. The van der Waals surface area contributed by atoms with Crippen molar-refractivity contribution in [2.24, 2.45) is 5.41 Å². The smallest absolute Gasteiger partial charge is 0.406 e. The van der Waals surface area contributed by atoms with Crippen LogP contribution in [0.1, 0.15) is 45.9 Å². The Labute approximate surface area is 171 Å². The first-order chi connectivity index (χ1) is 13.2. The molecule has 5 rings (SSSR count).